The highest BCUT2D eigenvalue weighted by Crippen LogP contribution is 2.46. The summed E-state index contributed by atoms with van der Waals surface area (Å²) >= 11 is 1.25. The van der Waals surface area contributed by atoms with Crippen LogP contribution >= 0.6 is 11.8 Å². The van der Waals surface area contributed by atoms with E-state index >= 15 is 0 Å². The first-order chi connectivity index (χ1) is 10.9. The minimum absolute atomic E-state index is 0.0403. The maximum atomic E-state index is 13.8. The number of alkyl halides is 3. The number of fused-ring (bicyclic) bond motifs is 1. The van der Waals surface area contributed by atoms with Gasteiger partial charge in [-0.25, -0.2) is 4.39 Å². The molecule has 0 aromatic heterocycles. The van der Waals surface area contributed by atoms with Crippen LogP contribution in [-0.4, -0.2) is 23.6 Å². The van der Waals surface area contributed by atoms with E-state index in [0.717, 1.165) is 12.1 Å². The summed E-state index contributed by atoms with van der Waals surface area (Å²) in [6.45, 7) is -0.260. The summed E-state index contributed by atoms with van der Waals surface area (Å²) in [6.07, 6.45) is -5.09. The largest absolute Gasteiger partial charge is 0.485 e. The molecule has 1 unspecified atom stereocenters. The third-order valence-electron chi connectivity index (χ3n) is 3.46. The molecule has 2 aromatic rings. The summed E-state index contributed by atoms with van der Waals surface area (Å²) in [5.74, 6) is -0.0412. The Morgan fingerprint density at radius 1 is 1.17 bits per heavy atom. The second kappa shape index (κ2) is 6.05. The van der Waals surface area contributed by atoms with Crippen molar-refractivity contribution in [2.75, 3.05) is 12.4 Å². The van der Waals surface area contributed by atoms with Gasteiger partial charge in [-0.05, 0) is 23.8 Å². The van der Waals surface area contributed by atoms with E-state index in [1.165, 1.54) is 36.0 Å². The van der Waals surface area contributed by atoms with E-state index in [1.807, 2.05) is 0 Å². The van der Waals surface area contributed by atoms with Crippen LogP contribution in [0, 0.1) is 5.82 Å². The third-order valence-corrected chi connectivity index (χ3v) is 4.61. The molecule has 0 aliphatic carbocycles. The second-order valence-corrected chi connectivity index (χ2v) is 6.12. The van der Waals surface area contributed by atoms with E-state index in [2.05, 4.69) is 0 Å². The van der Waals surface area contributed by atoms with E-state index in [1.54, 1.807) is 0 Å². The van der Waals surface area contributed by atoms with Gasteiger partial charge < -0.3 is 9.84 Å². The van der Waals surface area contributed by atoms with Crippen molar-refractivity contribution in [3.05, 3.63) is 47.8 Å². The monoisotopic (exact) mass is 344 g/mol. The molecular formula is C16H12F4O2S. The lowest BCUT2D eigenvalue weighted by Crippen LogP contribution is -2.27. The Morgan fingerprint density at radius 2 is 1.91 bits per heavy atom. The lowest BCUT2D eigenvalue weighted by atomic mass is 9.98. The molecule has 1 aliphatic heterocycles. The number of ether oxygens (including phenoxy) is 1. The number of hydrogen-bond acceptors (Lipinski definition) is 3. The average Bonchev–Trinajstić information content (AvgIpc) is 2.53. The van der Waals surface area contributed by atoms with Gasteiger partial charge in [0.1, 0.15) is 17.7 Å². The molecule has 7 heteroatoms. The van der Waals surface area contributed by atoms with Crippen molar-refractivity contribution < 1.29 is 27.4 Å². The van der Waals surface area contributed by atoms with Gasteiger partial charge >= 0.3 is 6.18 Å². The predicted octanol–water partition coefficient (Wildman–Crippen LogP) is 4.36. The van der Waals surface area contributed by atoms with Crippen LogP contribution in [0.1, 0.15) is 5.56 Å². The molecule has 23 heavy (non-hydrogen) atoms. The van der Waals surface area contributed by atoms with Crippen LogP contribution in [0.5, 0.6) is 5.75 Å². The Balaban J connectivity index is 2.20. The number of halogens is 4. The number of thioether (sulfide) groups is 1. The van der Waals surface area contributed by atoms with Crippen LogP contribution in [0.15, 0.2) is 41.3 Å². The number of aliphatic hydroxyl groups is 1. The molecule has 0 saturated heterocycles. The summed E-state index contributed by atoms with van der Waals surface area (Å²) in [5.41, 5.74) is -0.957. The quantitative estimate of drug-likeness (QED) is 0.821. The molecule has 0 bridgehead atoms. The molecule has 2 aromatic carbocycles. The van der Waals surface area contributed by atoms with Gasteiger partial charge in [-0.3, -0.25) is 0 Å². The van der Waals surface area contributed by atoms with Crippen molar-refractivity contribution in [2.24, 2.45) is 0 Å². The molecule has 1 aliphatic rings. The lowest BCUT2D eigenvalue weighted by molar-refractivity contribution is -0.137. The first-order valence-electron chi connectivity index (χ1n) is 6.80. The van der Waals surface area contributed by atoms with E-state index in [-0.39, 0.29) is 23.5 Å². The highest BCUT2D eigenvalue weighted by Gasteiger charge is 2.35. The Kier molecular flexibility index (Phi) is 4.25. The topological polar surface area (TPSA) is 29.5 Å². The smallest absolute Gasteiger partial charge is 0.417 e. The minimum atomic E-state index is -4.56. The Morgan fingerprint density at radius 3 is 2.61 bits per heavy atom. The fourth-order valence-electron chi connectivity index (χ4n) is 2.44. The summed E-state index contributed by atoms with van der Waals surface area (Å²) < 4.78 is 59.1. The van der Waals surface area contributed by atoms with E-state index < -0.39 is 23.7 Å². The first-order valence-corrected chi connectivity index (χ1v) is 7.79. The molecule has 122 valence electrons. The van der Waals surface area contributed by atoms with Gasteiger partial charge in [0.25, 0.3) is 0 Å². The molecule has 3 rings (SSSR count). The van der Waals surface area contributed by atoms with Crippen molar-refractivity contribution >= 4 is 11.8 Å². The fraction of sp³-hybridized carbons (Fsp3) is 0.250. The summed E-state index contributed by atoms with van der Waals surface area (Å²) in [6, 6.07) is 7.24. The summed E-state index contributed by atoms with van der Waals surface area (Å²) in [5, 5.41) is 9.22. The molecule has 0 spiro atoms. The van der Waals surface area contributed by atoms with Crippen LogP contribution in [0.25, 0.3) is 11.1 Å². The molecule has 1 heterocycles. The zero-order chi connectivity index (χ0) is 16.6. The molecule has 0 saturated carbocycles. The molecule has 1 atom stereocenters. The molecular weight excluding hydrogens is 332 g/mol. The van der Waals surface area contributed by atoms with Crippen molar-refractivity contribution in [1.82, 2.24) is 0 Å². The van der Waals surface area contributed by atoms with E-state index in [4.69, 9.17) is 4.74 Å². The van der Waals surface area contributed by atoms with Crippen molar-refractivity contribution in [1.29, 1.82) is 0 Å². The van der Waals surface area contributed by atoms with Crippen LogP contribution in [0.3, 0.4) is 0 Å². The molecule has 0 fully saturated rings. The zero-order valence-corrected chi connectivity index (χ0v) is 12.5. The van der Waals surface area contributed by atoms with Crippen molar-refractivity contribution in [3.63, 3.8) is 0 Å². The Labute approximate surface area is 134 Å². The Bertz CT molecular complexity index is 731. The molecule has 0 radical (unpaired) electrons. The van der Waals surface area contributed by atoms with Gasteiger partial charge in [-0.1, -0.05) is 18.2 Å². The third kappa shape index (κ3) is 3.16. The molecule has 1 N–H and O–H groups in total. The fourth-order valence-corrected chi connectivity index (χ4v) is 3.46. The minimum Gasteiger partial charge on any atom is -0.485 e. The van der Waals surface area contributed by atoms with Crippen LogP contribution in [0.4, 0.5) is 17.6 Å². The maximum absolute atomic E-state index is 13.8. The number of rotatable bonds is 2. The van der Waals surface area contributed by atoms with Gasteiger partial charge in [0.15, 0.2) is 0 Å². The summed E-state index contributed by atoms with van der Waals surface area (Å²) in [7, 11) is 0. The van der Waals surface area contributed by atoms with Gasteiger partial charge in [0.05, 0.1) is 17.1 Å². The van der Waals surface area contributed by atoms with E-state index in [9.17, 15) is 22.7 Å². The van der Waals surface area contributed by atoms with Crippen LogP contribution in [-0.2, 0) is 6.18 Å². The highest BCUT2D eigenvalue weighted by molar-refractivity contribution is 7.99. The summed E-state index contributed by atoms with van der Waals surface area (Å²) in [4.78, 5) is 0.432. The van der Waals surface area contributed by atoms with Gasteiger partial charge in [0.2, 0.25) is 0 Å². The maximum Gasteiger partial charge on any atom is 0.417 e. The standard InChI is InChI=1S/C16H12F4O2S/c17-9-5-12(11-3-1-2-4-13(11)16(18,19)20)15-14(6-9)23-8-10(7-21)22-15/h1-6,10,21H,7-8H2. The normalized spacial score (nSPS) is 17.5. The number of hydrogen-bond donors (Lipinski definition) is 1. The van der Waals surface area contributed by atoms with Gasteiger partial charge in [-0.15, -0.1) is 11.8 Å². The second-order valence-electron chi connectivity index (χ2n) is 5.06. The van der Waals surface area contributed by atoms with Crippen LogP contribution < -0.4 is 4.74 Å². The predicted molar refractivity (Wildman–Crippen MR) is 79.1 cm³/mol. The lowest BCUT2D eigenvalue weighted by Gasteiger charge is -2.27. The molecule has 2 nitrogen and oxygen atoms in total. The number of benzene rings is 2. The number of aliphatic hydroxyl groups excluding tert-OH is 1. The highest BCUT2D eigenvalue weighted by atomic mass is 32.2. The van der Waals surface area contributed by atoms with Crippen molar-refractivity contribution in [2.45, 2.75) is 17.2 Å². The zero-order valence-electron chi connectivity index (χ0n) is 11.7. The van der Waals surface area contributed by atoms with E-state index in [0.29, 0.717) is 10.6 Å². The van der Waals surface area contributed by atoms with Crippen molar-refractivity contribution in [3.8, 4) is 16.9 Å². The average molecular weight is 344 g/mol. The van der Waals surface area contributed by atoms with Gasteiger partial charge in [-0.2, -0.15) is 13.2 Å². The first kappa shape index (κ1) is 16.1. The molecule has 0 amide bonds. The Hall–Kier alpha value is -1.73. The SMILES string of the molecule is OCC1CSc2cc(F)cc(-c3ccccc3C(F)(F)F)c2O1. The van der Waals surface area contributed by atoms with Gasteiger partial charge in [0, 0.05) is 11.3 Å². The van der Waals surface area contributed by atoms with Crippen LogP contribution in [0.2, 0.25) is 0 Å².